The number of likely N-dealkylation sites (tertiary alicyclic amines) is 1. The smallest absolute Gasteiger partial charge is 0.308 e. The van der Waals surface area contributed by atoms with Crippen molar-refractivity contribution in [3.63, 3.8) is 0 Å². The third-order valence-corrected chi connectivity index (χ3v) is 3.80. The highest BCUT2D eigenvalue weighted by Gasteiger charge is 2.36. The summed E-state index contributed by atoms with van der Waals surface area (Å²) in [6, 6.07) is 7.12. The molecular formula is C14H16ClNO3. The number of amides is 1. The van der Waals surface area contributed by atoms with Crippen LogP contribution in [0.2, 0.25) is 5.02 Å². The van der Waals surface area contributed by atoms with E-state index in [-0.39, 0.29) is 18.2 Å². The number of rotatable bonds is 3. The van der Waals surface area contributed by atoms with Gasteiger partial charge >= 0.3 is 5.97 Å². The van der Waals surface area contributed by atoms with Crippen molar-refractivity contribution in [2.75, 3.05) is 13.1 Å². The molecule has 1 amide bonds. The maximum Gasteiger partial charge on any atom is 0.308 e. The number of carbonyl (C=O) groups excluding carboxylic acids is 1. The van der Waals surface area contributed by atoms with E-state index in [1.54, 1.807) is 17.0 Å². The van der Waals surface area contributed by atoms with Crippen LogP contribution in [0, 0.1) is 11.8 Å². The molecule has 0 aromatic heterocycles. The molecule has 1 fully saturated rings. The molecule has 0 radical (unpaired) electrons. The van der Waals surface area contributed by atoms with Crippen molar-refractivity contribution in [1.82, 2.24) is 4.90 Å². The Labute approximate surface area is 117 Å². The van der Waals surface area contributed by atoms with Gasteiger partial charge in [0.15, 0.2) is 0 Å². The third kappa shape index (κ3) is 3.26. The molecule has 102 valence electrons. The summed E-state index contributed by atoms with van der Waals surface area (Å²) in [6.07, 6.45) is 0.288. The van der Waals surface area contributed by atoms with Gasteiger partial charge in [0.2, 0.25) is 5.91 Å². The highest BCUT2D eigenvalue weighted by atomic mass is 35.5. The predicted octanol–water partition coefficient (Wildman–Crippen LogP) is 2.06. The summed E-state index contributed by atoms with van der Waals surface area (Å²) in [4.78, 5) is 24.8. The Morgan fingerprint density at radius 3 is 2.47 bits per heavy atom. The van der Waals surface area contributed by atoms with Crippen LogP contribution in [0.3, 0.4) is 0 Å². The molecule has 1 aliphatic heterocycles. The normalized spacial score (nSPS) is 22.5. The molecule has 2 rings (SSSR count). The van der Waals surface area contributed by atoms with Gasteiger partial charge in [-0.15, -0.1) is 0 Å². The largest absolute Gasteiger partial charge is 0.481 e. The highest BCUT2D eigenvalue weighted by Crippen LogP contribution is 2.24. The van der Waals surface area contributed by atoms with Gasteiger partial charge in [-0.2, -0.15) is 0 Å². The summed E-state index contributed by atoms with van der Waals surface area (Å²) >= 11 is 5.79. The minimum Gasteiger partial charge on any atom is -0.481 e. The lowest BCUT2D eigenvalue weighted by molar-refractivity contribution is -0.142. The molecule has 19 heavy (non-hydrogen) atoms. The Balaban J connectivity index is 1.98. The Kier molecular flexibility index (Phi) is 4.10. The summed E-state index contributed by atoms with van der Waals surface area (Å²) in [6.45, 7) is 2.70. The zero-order valence-electron chi connectivity index (χ0n) is 10.7. The molecule has 4 nitrogen and oxygen atoms in total. The second kappa shape index (κ2) is 5.61. The number of carboxylic acid groups (broad SMARTS) is 1. The third-order valence-electron chi connectivity index (χ3n) is 3.55. The monoisotopic (exact) mass is 281 g/mol. The molecule has 1 N–H and O–H groups in total. The topological polar surface area (TPSA) is 57.6 Å². The number of benzene rings is 1. The molecule has 0 unspecified atom stereocenters. The number of carbonyl (C=O) groups is 2. The van der Waals surface area contributed by atoms with Crippen molar-refractivity contribution in [3.05, 3.63) is 34.9 Å². The maximum atomic E-state index is 12.1. The molecule has 0 aliphatic carbocycles. The van der Waals surface area contributed by atoms with Crippen LogP contribution >= 0.6 is 11.6 Å². The fraction of sp³-hybridized carbons (Fsp3) is 0.429. The Bertz CT molecular complexity index is 486. The average molecular weight is 282 g/mol. The standard InChI is InChI=1S/C14H16ClNO3/c1-9-7-16(8-12(9)14(18)19)13(17)6-10-2-4-11(15)5-3-10/h2-5,9,12H,6-8H2,1H3,(H,18,19)/t9-,12-/m1/s1. The first-order valence-electron chi connectivity index (χ1n) is 6.22. The average Bonchev–Trinajstić information content (AvgIpc) is 2.74. The van der Waals surface area contributed by atoms with E-state index in [4.69, 9.17) is 16.7 Å². The van der Waals surface area contributed by atoms with Crippen LogP contribution < -0.4 is 0 Å². The van der Waals surface area contributed by atoms with E-state index in [1.807, 2.05) is 19.1 Å². The molecule has 1 saturated heterocycles. The van der Waals surface area contributed by atoms with Gasteiger partial charge in [0.1, 0.15) is 0 Å². The predicted molar refractivity (Wildman–Crippen MR) is 72.0 cm³/mol. The van der Waals surface area contributed by atoms with Crippen LogP contribution in [0.5, 0.6) is 0 Å². The molecule has 1 aromatic carbocycles. The van der Waals surface area contributed by atoms with E-state index in [0.29, 0.717) is 18.1 Å². The summed E-state index contributed by atoms with van der Waals surface area (Å²) in [5.41, 5.74) is 0.890. The molecule has 0 spiro atoms. The van der Waals surface area contributed by atoms with E-state index in [0.717, 1.165) is 5.56 Å². The van der Waals surface area contributed by atoms with Crippen LogP contribution in [0.1, 0.15) is 12.5 Å². The molecule has 2 atom stereocenters. The van der Waals surface area contributed by atoms with E-state index >= 15 is 0 Å². The Morgan fingerprint density at radius 1 is 1.32 bits per heavy atom. The second-order valence-corrected chi connectivity index (χ2v) is 5.46. The lowest BCUT2D eigenvalue weighted by Gasteiger charge is -2.15. The number of halogens is 1. The van der Waals surface area contributed by atoms with Crippen LogP contribution in [0.4, 0.5) is 0 Å². The van der Waals surface area contributed by atoms with Gasteiger partial charge in [-0.05, 0) is 23.6 Å². The molecule has 0 saturated carbocycles. The van der Waals surface area contributed by atoms with Crippen molar-refractivity contribution < 1.29 is 14.7 Å². The summed E-state index contributed by atoms with van der Waals surface area (Å²) in [5, 5.41) is 9.69. The minimum absolute atomic E-state index is 0.00617. The maximum absolute atomic E-state index is 12.1. The van der Waals surface area contributed by atoms with Gasteiger partial charge in [-0.1, -0.05) is 30.7 Å². The Morgan fingerprint density at radius 2 is 1.95 bits per heavy atom. The van der Waals surface area contributed by atoms with Gasteiger partial charge in [0, 0.05) is 18.1 Å². The minimum atomic E-state index is -0.825. The summed E-state index contributed by atoms with van der Waals surface area (Å²) in [7, 11) is 0. The number of hydrogen-bond acceptors (Lipinski definition) is 2. The van der Waals surface area contributed by atoms with Crippen LogP contribution in [-0.2, 0) is 16.0 Å². The number of nitrogens with zero attached hydrogens (tertiary/aromatic N) is 1. The first kappa shape index (κ1) is 13.9. The van der Waals surface area contributed by atoms with Crippen LogP contribution in [0.25, 0.3) is 0 Å². The van der Waals surface area contributed by atoms with E-state index in [2.05, 4.69) is 0 Å². The first-order valence-corrected chi connectivity index (χ1v) is 6.60. The van der Waals surface area contributed by atoms with Crippen molar-refractivity contribution in [1.29, 1.82) is 0 Å². The Hall–Kier alpha value is -1.55. The van der Waals surface area contributed by atoms with Gasteiger partial charge < -0.3 is 10.0 Å². The fourth-order valence-electron chi connectivity index (χ4n) is 2.38. The first-order chi connectivity index (χ1) is 8.97. The van der Waals surface area contributed by atoms with Crippen molar-refractivity contribution in [3.8, 4) is 0 Å². The number of aliphatic carboxylic acids is 1. The van der Waals surface area contributed by atoms with Gasteiger partial charge in [-0.25, -0.2) is 0 Å². The van der Waals surface area contributed by atoms with Crippen LogP contribution in [0.15, 0.2) is 24.3 Å². The van der Waals surface area contributed by atoms with Crippen molar-refractivity contribution >= 4 is 23.5 Å². The van der Waals surface area contributed by atoms with E-state index in [1.165, 1.54) is 0 Å². The summed E-state index contributed by atoms with van der Waals surface area (Å²) in [5.74, 6) is -1.30. The zero-order chi connectivity index (χ0) is 14.0. The number of hydrogen-bond donors (Lipinski definition) is 1. The molecule has 1 aromatic rings. The lowest BCUT2D eigenvalue weighted by Crippen LogP contribution is -2.31. The molecule has 5 heteroatoms. The molecule has 1 heterocycles. The van der Waals surface area contributed by atoms with E-state index in [9.17, 15) is 9.59 Å². The van der Waals surface area contributed by atoms with Gasteiger partial charge in [0.25, 0.3) is 0 Å². The van der Waals surface area contributed by atoms with Gasteiger partial charge in [0.05, 0.1) is 12.3 Å². The molecular weight excluding hydrogens is 266 g/mol. The number of carboxylic acids is 1. The SMILES string of the molecule is C[C@@H]1CN(C(=O)Cc2ccc(Cl)cc2)C[C@H]1C(=O)O. The van der Waals surface area contributed by atoms with Crippen LogP contribution in [-0.4, -0.2) is 35.0 Å². The highest BCUT2D eigenvalue weighted by molar-refractivity contribution is 6.30. The zero-order valence-corrected chi connectivity index (χ0v) is 11.4. The molecule has 0 bridgehead atoms. The lowest BCUT2D eigenvalue weighted by atomic mass is 9.99. The van der Waals surface area contributed by atoms with Crippen molar-refractivity contribution in [2.45, 2.75) is 13.3 Å². The molecule has 1 aliphatic rings. The fourth-order valence-corrected chi connectivity index (χ4v) is 2.51. The van der Waals surface area contributed by atoms with Gasteiger partial charge in [-0.3, -0.25) is 9.59 Å². The quantitative estimate of drug-likeness (QED) is 0.923. The summed E-state index contributed by atoms with van der Waals surface area (Å²) < 4.78 is 0. The second-order valence-electron chi connectivity index (χ2n) is 5.02. The van der Waals surface area contributed by atoms with E-state index < -0.39 is 11.9 Å². The van der Waals surface area contributed by atoms with Crippen molar-refractivity contribution in [2.24, 2.45) is 11.8 Å².